The van der Waals surface area contributed by atoms with Gasteiger partial charge in [0.25, 0.3) is 0 Å². The standard InChI is InChI=1S/C9H16N2O4S/c1-3-8(5-6-10)11-16(13,14)7-9(12)15-4-2/h8,11H,3-5,7H2,1-2H3. The zero-order valence-corrected chi connectivity index (χ0v) is 10.2. The third kappa shape index (κ3) is 6.37. The highest BCUT2D eigenvalue weighted by atomic mass is 32.2. The number of nitriles is 1. The molecule has 0 aromatic carbocycles. The summed E-state index contributed by atoms with van der Waals surface area (Å²) in [6.45, 7) is 3.50. The van der Waals surface area contributed by atoms with E-state index in [0.29, 0.717) is 6.42 Å². The Labute approximate surface area is 95.6 Å². The first kappa shape index (κ1) is 14.9. The molecule has 0 aromatic heterocycles. The topological polar surface area (TPSA) is 96.3 Å². The van der Waals surface area contributed by atoms with Crippen molar-refractivity contribution in [2.75, 3.05) is 12.4 Å². The summed E-state index contributed by atoms with van der Waals surface area (Å²) in [7, 11) is -3.71. The first-order valence-corrected chi connectivity index (χ1v) is 6.63. The van der Waals surface area contributed by atoms with E-state index < -0.39 is 27.8 Å². The summed E-state index contributed by atoms with van der Waals surface area (Å²) in [6.07, 6.45) is 0.578. The van der Waals surface area contributed by atoms with Crippen molar-refractivity contribution in [2.24, 2.45) is 0 Å². The Morgan fingerprint density at radius 3 is 2.56 bits per heavy atom. The Kier molecular flexibility index (Phi) is 6.69. The van der Waals surface area contributed by atoms with Crippen LogP contribution in [0.2, 0.25) is 0 Å². The number of ether oxygens (including phenoxy) is 1. The summed E-state index contributed by atoms with van der Waals surface area (Å²) in [5, 5.41) is 8.45. The minimum Gasteiger partial charge on any atom is -0.465 e. The van der Waals surface area contributed by atoms with Crippen molar-refractivity contribution in [1.29, 1.82) is 5.26 Å². The van der Waals surface area contributed by atoms with E-state index in [1.54, 1.807) is 13.8 Å². The summed E-state index contributed by atoms with van der Waals surface area (Å²) in [5.74, 6) is -1.50. The van der Waals surface area contributed by atoms with Crippen LogP contribution in [-0.4, -0.2) is 32.8 Å². The van der Waals surface area contributed by atoms with Crippen LogP contribution in [0.1, 0.15) is 26.7 Å². The van der Waals surface area contributed by atoms with Crippen LogP contribution in [-0.2, 0) is 19.6 Å². The molecular formula is C9H16N2O4S. The molecule has 0 aliphatic carbocycles. The summed E-state index contributed by atoms with van der Waals surface area (Å²) < 4.78 is 29.7. The Hall–Kier alpha value is -1.13. The molecule has 0 aromatic rings. The third-order valence-electron chi connectivity index (χ3n) is 1.79. The first-order valence-electron chi connectivity index (χ1n) is 4.97. The van der Waals surface area contributed by atoms with Gasteiger partial charge in [-0.1, -0.05) is 6.92 Å². The Morgan fingerprint density at radius 2 is 2.12 bits per heavy atom. The Morgan fingerprint density at radius 1 is 1.50 bits per heavy atom. The second kappa shape index (κ2) is 7.19. The highest BCUT2D eigenvalue weighted by Gasteiger charge is 2.20. The lowest BCUT2D eigenvalue weighted by molar-refractivity contribution is -0.139. The van der Waals surface area contributed by atoms with Gasteiger partial charge in [-0.15, -0.1) is 0 Å². The minimum atomic E-state index is -3.71. The largest absolute Gasteiger partial charge is 0.465 e. The molecule has 0 spiro atoms. The maximum absolute atomic E-state index is 11.4. The molecule has 0 radical (unpaired) electrons. The van der Waals surface area contributed by atoms with Gasteiger partial charge in [-0.05, 0) is 13.3 Å². The van der Waals surface area contributed by atoms with Gasteiger partial charge in [-0.2, -0.15) is 5.26 Å². The summed E-state index contributed by atoms with van der Waals surface area (Å²) >= 11 is 0. The average molecular weight is 248 g/mol. The van der Waals surface area contributed by atoms with Crippen molar-refractivity contribution in [2.45, 2.75) is 32.7 Å². The number of carbonyl (C=O) groups is 1. The van der Waals surface area contributed by atoms with Gasteiger partial charge >= 0.3 is 5.97 Å². The molecule has 0 rings (SSSR count). The molecule has 1 atom stereocenters. The molecule has 0 saturated heterocycles. The number of nitrogens with zero attached hydrogens (tertiary/aromatic N) is 1. The maximum Gasteiger partial charge on any atom is 0.322 e. The summed E-state index contributed by atoms with van der Waals surface area (Å²) in [5.41, 5.74) is 0. The van der Waals surface area contributed by atoms with E-state index in [2.05, 4.69) is 9.46 Å². The van der Waals surface area contributed by atoms with Gasteiger partial charge in [-0.3, -0.25) is 4.79 Å². The number of hydrogen-bond acceptors (Lipinski definition) is 5. The van der Waals surface area contributed by atoms with Gasteiger partial charge in [0.1, 0.15) is 0 Å². The second-order valence-corrected chi connectivity index (χ2v) is 4.90. The molecule has 0 fully saturated rings. The van der Waals surface area contributed by atoms with Crippen molar-refractivity contribution < 1.29 is 17.9 Å². The fourth-order valence-electron chi connectivity index (χ4n) is 1.03. The average Bonchev–Trinajstić information content (AvgIpc) is 2.16. The third-order valence-corrected chi connectivity index (χ3v) is 3.10. The second-order valence-electron chi connectivity index (χ2n) is 3.15. The lowest BCUT2D eigenvalue weighted by atomic mass is 10.2. The predicted molar refractivity (Wildman–Crippen MR) is 57.9 cm³/mol. The molecule has 0 amide bonds. The maximum atomic E-state index is 11.4. The van der Waals surface area contributed by atoms with Crippen LogP contribution >= 0.6 is 0 Å². The Bertz CT molecular complexity index is 358. The lowest BCUT2D eigenvalue weighted by Crippen LogP contribution is -2.38. The molecule has 7 heteroatoms. The van der Waals surface area contributed by atoms with Crippen molar-refractivity contribution >= 4 is 16.0 Å². The fraction of sp³-hybridized carbons (Fsp3) is 0.778. The SMILES string of the molecule is CCOC(=O)CS(=O)(=O)NC(CC)CC#N. The summed E-state index contributed by atoms with van der Waals surface area (Å²) in [4.78, 5) is 11.0. The highest BCUT2D eigenvalue weighted by Crippen LogP contribution is 2.00. The lowest BCUT2D eigenvalue weighted by Gasteiger charge is -2.13. The smallest absolute Gasteiger partial charge is 0.322 e. The van der Waals surface area contributed by atoms with Gasteiger partial charge in [0.15, 0.2) is 5.75 Å². The molecule has 6 nitrogen and oxygen atoms in total. The van der Waals surface area contributed by atoms with E-state index >= 15 is 0 Å². The molecular weight excluding hydrogens is 232 g/mol. The normalized spacial score (nSPS) is 12.8. The molecule has 0 aliphatic heterocycles. The first-order chi connectivity index (χ1) is 7.45. The van der Waals surface area contributed by atoms with Crippen LogP contribution in [0, 0.1) is 11.3 Å². The number of hydrogen-bond donors (Lipinski definition) is 1. The van der Waals surface area contributed by atoms with E-state index in [1.165, 1.54) is 0 Å². The van der Waals surface area contributed by atoms with E-state index in [0.717, 1.165) is 0 Å². The molecule has 16 heavy (non-hydrogen) atoms. The molecule has 92 valence electrons. The van der Waals surface area contributed by atoms with Crippen LogP contribution in [0.5, 0.6) is 0 Å². The molecule has 0 saturated carbocycles. The number of esters is 1. The van der Waals surface area contributed by atoms with Crippen LogP contribution in [0.4, 0.5) is 0 Å². The number of nitrogens with one attached hydrogen (secondary N) is 1. The van der Waals surface area contributed by atoms with Gasteiger partial charge in [-0.25, -0.2) is 13.1 Å². The quantitative estimate of drug-likeness (QED) is 0.647. The van der Waals surface area contributed by atoms with E-state index in [-0.39, 0.29) is 13.0 Å². The predicted octanol–water partition coefficient (Wildman–Crippen LogP) is 0.161. The van der Waals surface area contributed by atoms with Gasteiger partial charge in [0.2, 0.25) is 10.0 Å². The van der Waals surface area contributed by atoms with E-state index in [1.807, 2.05) is 6.07 Å². The van der Waals surface area contributed by atoms with Crippen LogP contribution < -0.4 is 4.72 Å². The highest BCUT2D eigenvalue weighted by molar-refractivity contribution is 7.90. The number of rotatable bonds is 7. The van der Waals surface area contributed by atoms with Gasteiger partial charge in [0.05, 0.1) is 19.1 Å². The van der Waals surface area contributed by atoms with E-state index in [9.17, 15) is 13.2 Å². The van der Waals surface area contributed by atoms with Crippen LogP contribution in [0.3, 0.4) is 0 Å². The summed E-state index contributed by atoms with van der Waals surface area (Å²) in [6, 6.07) is 1.42. The van der Waals surface area contributed by atoms with Crippen molar-refractivity contribution in [3.63, 3.8) is 0 Å². The van der Waals surface area contributed by atoms with Gasteiger partial charge in [0, 0.05) is 6.04 Å². The van der Waals surface area contributed by atoms with Crippen LogP contribution in [0.15, 0.2) is 0 Å². The molecule has 1 N–H and O–H groups in total. The van der Waals surface area contributed by atoms with E-state index in [4.69, 9.17) is 5.26 Å². The monoisotopic (exact) mass is 248 g/mol. The van der Waals surface area contributed by atoms with Crippen molar-refractivity contribution in [1.82, 2.24) is 4.72 Å². The van der Waals surface area contributed by atoms with Gasteiger partial charge < -0.3 is 4.74 Å². The molecule has 0 bridgehead atoms. The minimum absolute atomic E-state index is 0.0819. The number of carbonyl (C=O) groups excluding carboxylic acids is 1. The fourth-order valence-corrected chi connectivity index (χ4v) is 2.27. The zero-order valence-electron chi connectivity index (χ0n) is 9.39. The van der Waals surface area contributed by atoms with Crippen molar-refractivity contribution in [3.05, 3.63) is 0 Å². The number of sulfonamides is 1. The zero-order chi connectivity index (χ0) is 12.6. The Balaban J connectivity index is 4.34. The molecule has 0 aliphatic rings. The molecule has 0 heterocycles. The van der Waals surface area contributed by atoms with Crippen LogP contribution in [0.25, 0.3) is 0 Å². The molecule has 1 unspecified atom stereocenters. The van der Waals surface area contributed by atoms with Crippen molar-refractivity contribution in [3.8, 4) is 6.07 Å².